The van der Waals surface area contributed by atoms with Crippen LogP contribution in [0.15, 0.2) is 0 Å². The summed E-state index contributed by atoms with van der Waals surface area (Å²) in [6.45, 7) is 9.41. The number of hydrogen-bond donors (Lipinski definition) is 2. The van der Waals surface area contributed by atoms with Gasteiger partial charge in [0.25, 0.3) is 0 Å². The molecule has 2 heteroatoms. The SMILES string of the molecule is CC1CCNC1CNC1CC1(C)C. The average molecular weight is 182 g/mol. The van der Waals surface area contributed by atoms with Crippen LogP contribution in [0.25, 0.3) is 0 Å². The summed E-state index contributed by atoms with van der Waals surface area (Å²) in [5, 5.41) is 7.21. The van der Waals surface area contributed by atoms with Gasteiger partial charge in [-0.3, -0.25) is 0 Å². The average Bonchev–Trinajstić information content (AvgIpc) is 2.47. The Balaban J connectivity index is 1.68. The van der Waals surface area contributed by atoms with Gasteiger partial charge in [0.15, 0.2) is 0 Å². The highest BCUT2D eigenvalue weighted by Crippen LogP contribution is 2.44. The van der Waals surface area contributed by atoms with Crippen molar-refractivity contribution in [3.8, 4) is 0 Å². The second-order valence-corrected chi connectivity index (χ2v) is 5.48. The Hall–Kier alpha value is -0.0800. The number of hydrogen-bond acceptors (Lipinski definition) is 2. The quantitative estimate of drug-likeness (QED) is 0.689. The lowest BCUT2D eigenvalue weighted by Crippen LogP contribution is -2.38. The zero-order valence-electron chi connectivity index (χ0n) is 9.06. The van der Waals surface area contributed by atoms with Crippen molar-refractivity contribution in [1.82, 2.24) is 10.6 Å². The lowest BCUT2D eigenvalue weighted by Gasteiger charge is -2.16. The first-order valence-corrected chi connectivity index (χ1v) is 5.56. The van der Waals surface area contributed by atoms with E-state index in [1.54, 1.807) is 0 Å². The van der Waals surface area contributed by atoms with Gasteiger partial charge in [0, 0.05) is 18.6 Å². The molecule has 3 atom stereocenters. The van der Waals surface area contributed by atoms with Gasteiger partial charge in [-0.15, -0.1) is 0 Å². The van der Waals surface area contributed by atoms with Gasteiger partial charge in [-0.05, 0) is 30.7 Å². The zero-order valence-corrected chi connectivity index (χ0v) is 9.06. The molecule has 1 saturated heterocycles. The molecule has 76 valence electrons. The van der Waals surface area contributed by atoms with Gasteiger partial charge >= 0.3 is 0 Å². The van der Waals surface area contributed by atoms with E-state index in [0.29, 0.717) is 5.41 Å². The molecule has 0 aromatic heterocycles. The summed E-state index contributed by atoms with van der Waals surface area (Å²) < 4.78 is 0. The fourth-order valence-electron chi connectivity index (χ4n) is 2.26. The van der Waals surface area contributed by atoms with Crippen LogP contribution in [0.5, 0.6) is 0 Å². The molecule has 13 heavy (non-hydrogen) atoms. The van der Waals surface area contributed by atoms with Crippen LogP contribution >= 0.6 is 0 Å². The van der Waals surface area contributed by atoms with Crippen LogP contribution in [0, 0.1) is 11.3 Å². The van der Waals surface area contributed by atoms with E-state index in [1.807, 2.05) is 0 Å². The van der Waals surface area contributed by atoms with Crippen molar-refractivity contribution in [3.05, 3.63) is 0 Å². The van der Waals surface area contributed by atoms with E-state index < -0.39 is 0 Å². The van der Waals surface area contributed by atoms with Crippen molar-refractivity contribution in [3.63, 3.8) is 0 Å². The van der Waals surface area contributed by atoms with Gasteiger partial charge in [0.2, 0.25) is 0 Å². The monoisotopic (exact) mass is 182 g/mol. The fraction of sp³-hybridized carbons (Fsp3) is 1.00. The summed E-state index contributed by atoms with van der Waals surface area (Å²) in [7, 11) is 0. The standard InChI is InChI=1S/C11H22N2/c1-8-4-5-12-9(8)7-13-10-6-11(10,2)3/h8-10,12-13H,4-7H2,1-3H3. The molecule has 2 fully saturated rings. The molecule has 0 radical (unpaired) electrons. The molecule has 3 unspecified atom stereocenters. The van der Waals surface area contributed by atoms with Crippen molar-refractivity contribution in [1.29, 1.82) is 0 Å². The molecule has 0 bridgehead atoms. The van der Waals surface area contributed by atoms with Crippen LogP contribution in [-0.2, 0) is 0 Å². The number of nitrogens with one attached hydrogen (secondary N) is 2. The summed E-state index contributed by atoms with van der Waals surface area (Å²) in [5.74, 6) is 0.856. The minimum Gasteiger partial charge on any atom is -0.312 e. The van der Waals surface area contributed by atoms with Crippen LogP contribution < -0.4 is 10.6 Å². The first kappa shape index (κ1) is 9.47. The van der Waals surface area contributed by atoms with E-state index in [0.717, 1.165) is 24.5 Å². The smallest absolute Gasteiger partial charge is 0.0218 e. The van der Waals surface area contributed by atoms with Gasteiger partial charge in [0.1, 0.15) is 0 Å². The van der Waals surface area contributed by atoms with E-state index in [1.165, 1.54) is 19.4 Å². The van der Waals surface area contributed by atoms with Gasteiger partial charge in [-0.25, -0.2) is 0 Å². The van der Waals surface area contributed by atoms with E-state index >= 15 is 0 Å². The lowest BCUT2D eigenvalue weighted by atomic mass is 10.0. The fourth-order valence-corrected chi connectivity index (χ4v) is 2.26. The van der Waals surface area contributed by atoms with E-state index in [4.69, 9.17) is 0 Å². The van der Waals surface area contributed by atoms with Crippen LogP contribution in [0.1, 0.15) is 33.6 Å². The summed E-state index contributed by atoms with van der Waals surface area (Å²) in [5.41, 5.74) is 0.571. The van der Waals surface area contributed by atoms with E-state index in [9.17, 15) is 0 Å². The maximum Gasteiger partial charge on any atom is 0.0218 e. The summed E-state index contributed by atoms with van der Waals surface area (Å²) in [6.07, 6.45) is 2.70. The molecule has 1 aliphatic heterocycles. The predicted octanol–water partition coefficient (Wildman–Crippen LogP) is 1.37. The summed E-state index contributed by atoms with van der Waals surface area (Å²) in [6, 6.07) is 1.50. The zero-order chi connectivity index (χ0) is 9.47. The van der Waals surface area contributed by atoms with Crippen molar-refractivity contribution < 1.29 is 0 Å². The van der Waals surface area contributed by atoms with Gasteiger partial charge in [-0.2, -0.15) is 0 Å². The second-order valence-electron chi connectivity index (χ2n) is 5.48. The molecule has 1 saturated carbocycles. The molecule has 0 aromatic carbocycles. The highest BCUT2D eigenvalue weighted by molar-refractivity contribution is 5.02. The minimum atomic E-state index is 0.571. The molecule has 1 aliphatic carbocycles. The first-order chi connectivity index (χ1) is 6.09. The summed E-state index contributed by atoms with van der Waals surface area (Å²) in [4.78, 5) is 0. The molecule has 0 aromatic rings. The first-order valence-electron chi connectivity index (χ1n) is 5.56. The molecule has 2 rings (SSSR count). The molecule has 1 heterocycles. The third-order valence-corrected chi connectivity index (χ3v) is 3.79. The Morgan fingerprint density at radius 1 is 1.46 bits per heavy atom. The van der Waals surface area contributed by atoms with Gasteiger partial charge in [0.05, 0.1) is 0 Å². The Morgan fingerprint density at radius 3 is 2.62 bits per heavy atom. The highest BCUT2D eigenvalue weighted by atomic mass is 15.1. The maximum absolute atomic E-state index is 3.66. The largest absolute Gasteiger partial charge is 0.312 e. The van der Waals surface area contributed by atoms with Crippen LogP contribution in [-0.4, -0.2) is 25.2 Å². The Kier molecular flexibility index (Phi) is 2.37. The maximum atomic E-state index is 3.66. The van der Waals surface area contributed by atoms with Crippen molar-refractivity contribution in [2.75, 3.05) is 13.1 Å². The van der Waals surface area contributed by atoms with Gasteiger partial charge < -0.3 is 10.6 Å². The Labute approximate surface area is 81.5 Å². The van der Waals surface area contributed by atoms with Crippen molar-refractivity contribution >= 4 is 0 Å². The third kappa shape index (κ3) is 2.05. The second kappa shape index (κ2) is 3.25. The topological polar surface area (TPSA) is 24.1 Å². The molecule has 2 nitrogen and oxygen atoms in total. The molecule has 2 N–H and O–H groups in total. The molecular weight excluding hydrogens is 160 g/mol. The van der Waals surface area contributed by atoms with E-state index in [2.05, 4.69) is 31.4 Å². The lowest BCUT2D eigenvalue weighted by molar-refractivity contribution is 0.430. The Bertz CT molecular complexity index is 189. The van der Waals surface area contributed by atoms with Crippen molar-refractivity contribution in [2.45, 2.75) is 45.7 Å². The van der Waals surface area contributed by atoms with Crippen molar-refractivity contribution in [2.24, 2.45) is 11.3 Å². The van der Waals surface area contributed by atoms with Gasteiger partial charge in [-0.1, -0.05) is 20.8 Å². The third-order valence-electron chi connectivity index (χ3n) is 3.79. The molecule has 2 aliphatic rings. The van der Waals surface area contributed by atoms with Crippen LogP contribution in [0.4, 0.5) is 0 Å². The predicted molar refractivity (Wildman–Crippen MR) is 55.8 cm³/mol. The van der Waals surface area contributed by atoms with Crippen LogP contribution in [0.2, 0.25) is 0 Å². The number of rotatable bonds is 3. The normalized spacial score (nSPS) is 42.2. The highest BCUT2D eigenvalue weighted by Gasteiger charge is 2.45. The Morgan fingerprint density at radius 2 is 2.15 bits per heavy atom. The van der Waals surface area contributed by atoms with E-state index in [-0.39, 0.29) is 0 Å². The van der Waals surface area contributed by atoms with Crippen LogP contribution in [0.3, 0.4) is 0 Å². The molecular formula is C11H22N2. The summed E-state index contributed by atoms with van der Waals surface area (Å²) >= 11 is 0. The molecule has 0 spiro atoms. The molecule has 0 amide bonds. The minimum absolute atomic E-state index is 0.571.